The molecule has 1 aromatic heterocycles. The van der Waals surface area contributed by atoms with Crippen molar-refractivity contribution in [1.82, 2.24) is 10.3 Å². The van der Waals surface area contributed by atoms with Crippen LogP contribution in [0.4, 0.5) is 0 Å². The van der Waals surface area contributed by atoms with Gasteiger partial charge < -0.3 is 5.32 Å². The normalized spacial score (nSPS) is 16.4. The average molecular weight is 372 g/mol. The first-order valence-electron chi connectivity index (χ1n) is 6.69. The molecule has 0 saturated heterocycles. The van der Waals surface area contributed by atoms with Crippen molar-refractivity contribution in [2.24, 2.45) is 0 Å². The largest absolute Gasteiger partial charge is 0.301 e. The molecule has 1 heterocycles. The number of hydrogen-bond donors (Lipinski definition) is 1. The Balaban J connectivity index is 2.02. The monoisotopic (exact) mass is 370 g/mol. The van der Waals surface area contributed by atoms with Crippen LogP contribution < -0.4 is 5.32 Å². The fourth-order valence-corrected chi connectivity index (χ4v) is 3.80. The lowest BCUT2D eigenvalue weighted by molar-refractivity contribution is 0.595. The zero-order valence-corrected chi connectivity index (χ0v) is 14.6. The number of aryl methyl sites for hydroxylation is 2. The highest BCUT2D eigenvalue weighted by molar-refractivity contribution is 9.10. The zero-order chi connectivity index (χ0) is 14.3. The summed E-state index contributed by atoms with van der Waals surface area (Å²) >= 11 is 11.6. The first-order chi connectivity index (χ1) is 9.54. The molecule has 20 heavy (non-hydrogen) atoms. The van der Waals surface area contributed by atoms with E-state index in [4.69, 9.17) is 16.6 Å². The van der Waals surface area contributed by atoms with Gasteiger partial charge in [0.1, 0.15) is 5.01 Å². The molecule has 1 saturated carbocycles. The highest BCUT2D eigenvalue weighted by Crippen LogP contribution is 2.36. The molecule has 1 aliphatic carbocycles. The number of halogens is 2. The Kier molecular flexibility index (Phi) is 4.18. The molecule has 0 spiro atoms. The van der Waals surface area contributed by atoms with Crippen LogP contribution in [-0.2, 0) is 0 Å². The lowest BCUT2D eigenvalue weighted by Gasteiger charge is -2.18. The summed E-state index contributed by atoms with van der Waals surface area (Å²) < 4.78 is 1.07. The average Bonchev–Trinajstić information content (AvgIpc) is 3.16. The summed E-state index contributed by atoms with van der Waals surface area (Å²) in [6.07, 6.45) is 2.50. The highest BCUT2D eigenvalue weighted by atomic mass is 79.9. The maximum absolute atomic E-state index is 6.17. The number of rotatable bonds is 4. The summed E-state index contributed by atoms with van der Waals surface area (Å²) in [4.78, 5) is 6.01. The van der Waals surface area contributed by atoms with E-state index in [1.165, 1.54) is 17.7 Å². The molecule has 0 amide bonds. The van der Waals surface area contributed by atoms with Gasteiger partial charge in [-0.15, -0.1) is 11.3 Å². The van der Waals surface area contributed by atoms with Gasteiger partial charge in [0.2, 0.25) is 0 Å². The Hall–Kier alpha value is -0.420. The summed E-state index contributed by atoms with van der Waals surface area (Å²) in [6.45, 7) is 4.19. The Morgan fingerprint density at radius 2 is 2.15 bits per heavy atom. The molecule has 106 valence electrons. The minimum absolute atomic E-state index is 0.118. The molecule has 5 heteroatoms. The van der Waals surface area contributed by atoms with E-state index in [9.17, 15) is 0 Å². The van der Waals surface area contributed by atoms with Crippen LogP contribution in [0.25, 0.3) is 0 Å². The second-order valence-electron chi connectivity index (χ2n) is 5.23. The van der Waals surface area contributed by atoms with E-state index in [0.29, 0.717) is 6.04 Å². The van der Waals surface area contributed by atoms with Crippen LogP contribution in [0.15, 0.2) is 22.7 Å². The van der Waals surface area contributed by atoms with Crippen molar-refractivity contribution >= 4 is 38.9 Å². The molecule has 0 bridgehead atoms. The summed E-state index contributed by atoms with van der Waals surface area (Å²) in [5.74, 6) is 0. The van der Waals surface area contributed by atoms with Crippen LogP contribution in [0.5, 0.6) is 0 Å². The smallest absolute Gasteiger partial charge is 0.115 e. The van der Waals surface area contributed by atoms with E-state index in [1.54, 1.807) is 11.3 Å². The maximum atomic E-state index is 6.17. The molecule has 0 radical (unpaired) electrons. The lowest BCUT2D eigenvalue weighted by Crippen LogP contribution is -2.24. The molecule has 1 aliphatic rings. The molecule has 1 aromatic carbocycles. The van der Waals surface area contributed by atoms with E-state index in [-0.39, 0.29) is 6.04 Å². The summed E-state index contributed by atoms with van der Waals surface area (Å²) in [7, 11) is 0. The van der Waals surface area contributed by atoms with Crippen molar-refractivity contribution in [3.8, 4) is 0 Å². The lowest BCUT2D eigenvalue weighted by atomic mass is 10.1. The van der Waals surface area contributed by atoms with Gasteiger partial charge in [-0.2, -0.15) is 0 Å². The fourth-order valence-electron chi connectivity index (χ4n) is 2.14. The Morgan fingerprint density at radius 1 is 1.40 bits per heavy atom. The number of nitrogens with zero attached hydrogens (tertiary/aromatic N) is 1. The SMILES string of the molecule is Cc1nc(C(NC2CC2)c2cc(Cl)ccc2Br)sc1C. The van der Waals surface area contributed by atoms with E-state index >= 15 is 0 Å². The van der Waals surface area contributed by atoms with Crippen LogP contribution in [0.3, 0.4) is 0 Å². The predicted octanol–water partition coefficient (Wildman–Crippen LogP) is 5.02. The Bertz CT molecular complexity index is 617. The van der Waals surface area contributed by atoms with Gasteiger partial charge in [-0.25, -0.2) is 4.98 Å². The zero-order valence-electron chi connectivity index (χ0n) is 11.4. The van der Waals surface area contributed by atoms with Crippen molar-refractivity contribution < 1.29 is 0 Å². The van der Waals surface area contributed by atoms with Gasteiger partial charge in [0.05, 0.1) is 11.7 Å². The number of aromatic nitrogens is 1. The molecule has 1 N–H and O–H groups in total. The number of thiazole rings is 1. The molecule has 2 nitrogen and oxygen atoms in total. The van der Waals surface area contributed by atoms with E-state index in [0.717, 1.165) is 25.8 Å². The van der Waals surface area contributed by atoms with Crippen molar-refractivity contribution in [3.63, 3.8) is 0 Å². The minimum atomic E-state index is 0.118. The van der Waals surface area contributed by atoms with E-state index in [1.807, 2.05) is 18.2 Å². The molecule has 1 unspecified atom stereocenters. The third-order valence-electron chi connectivity index (χ3n) is 3.54. The maximum Gasteiger partial charge on any atom is 0.115 e. The second-order valence-corrected chi connectivity index (χ2v) is 7.76. The van der Waals surface area contributed by atoms with Crippen LogP contribution in [0.1, 0.15) is 40.0 Å². The third-order valence-corrected chi connectivity index (χ3v) is 5.64. The fraction of sp³-hybridized carbons (Fsp3) is 0.400. The first kappa shape index (κ1) is 14.5. The van der Waals surface area contributed by atoms with Crippen molar-refractivity contribution in [2.75, 3.05) is 0 Å². The van der Waals surface area contributed by atoms with Crippen LogP contribution in [-0.4, -0.2) is 11.0 Å². The number of nitrogens with one attached hydrogen (secondary N) is 1. The number of benzene rings is 1. The van der Waals surface area contributed by atoms with E-state index < -0.39 is 0 Å². The molecule has 3 rings (SSSR count). The highest BCUT2D eigenvalue weighted by Gasteiger charge is 2.29. The topological polar surface area (TPSA) is 24.9 Å². The van der Waals surface area contributed by atoms with Gasteiger partial charge in [-0.1, -0.05) is 27.5 Å². The molecule has 1 atom stereocenters. The standard InChI is InChI=1S/C15H16BrClN2S/c1-8-9(2)20-15(18-8)14(19-11-4-5-11)12-7-10(17)3-6-13(12)16/h3,6-7,11,14,19H,4-5H2,1-2H3. The Labute approximate surface area is 136 Å². The molecule has 2 aromatic rings. The van der Waals surface area contributed by atoms with Gasteiger partial charge in [-0.3, -0.25) is 0 Å². The molecule has 0 aliphatic heterocycles. The molecule has 1 fully saturated rings. The van der Waals surface area contributed by atoms with Crippen LogP contribution in [0, 0.1) is 13.8 Å². The van der Waals surface area contributed by atoms with Crippen molar-refractivity contribution in [3.05, 3.63) is 48.8 Å². The minimum Gasteiger partial charge on any atom is -0.301 e. The van der Waals surface area contributed by atoms with Crippen molar-refractivity contribution in [1.29, 1.82) is 0 Å². The third kappa shape index (κ3) is 3.08. The van der Waals surface area contributed by atoms with Gasteiger partial charge in [0.15, 0.2) is 0 Å². The van der Waals surface area contributed by atoms with Gasteiger partial charge >= 0.3 is 0 Å². The summed E-state index contributed by atoms with van der Waals surface area (Å²) in [6, 6.07) is 6.66. The van der Waals surface area contributed by atoms with Crippen LogP contribution >= 0.6 is 38.9 Å². The van der Waals surface area contributed by atoms with E-state index in [2.05, 4.69) is 35.1 Å². The van der Waals surface area contributed by atoms with Gasteiger partial charge in [0.25, 0.3) is 0 Å². The summed E-state index contributed by atoms with van der Waals surface area (Å²) in [5.41, 5.74) is 2.28. The summed E-state index contributed by atoms with van der Waals surface area (Å²) in [5, 5.41) is 5.57. The second kappa shape index (κ2) is 5.76. The van der Waals surface area contributed by atoms with Gasteiger partial charge in [-0.05, 0) is 50.5 Å². The van der Waals surface area contributed by atoms with Crippen LogP contribution in [0.2, 0.25) is 5.02 Å². The first-order valence-corrected chi connectivity index (χ1v) is 8.68. The predicted molar refractivity (Wildman–Crippen MR) is 88.7 cm³/mol. The van der Waals surface area contributed by atoms with Crippen molar-refractivity contribution in [2.45, 2.75) is 38.8 Å². The molecular formula is C15H16BrClN2S. The Morgan fingerprint density at radius 3 is 2.75 bits per heavy atom. The molecular weight excluding hydrogens is 356 g/mol. The number of hydrogen-bond acceptors (Lipinski definition) is 3. The quantitative estimate of drug-likeness (QED) is 0.816. The van der Waals surface area contributed by atoms with Gasteiger partial charge in [0, 0.05) is 20.4 Å².